The van der Waals surface area contributed by atoms with Gasteiger partial charge in [0.1, 0.15) is 11.5 Å². The lowest BCUT2D eigenvalue weighted by Gasteiger charge is -2.13. The Bertz CT molecular complexity index is 578. The van der Waals surface area contributed by atoms with Crippen LogP contribution in [0.3, 0.4) is 0 Å². The van der Waals surface area contributed by atoms with Crippen molar-refractivity contribution in [1.82, 2.24) is 0 Å². The molecule has 0 saturated carbocycles. The predicted molar refractivity (Wildman–Crippen MR) is 89.9 cm³/mol. The van der Waals surface area contributed by atoms with E-state index >= 15 is 0 Å². The maximum atomic E-state index is 10.9. The molecule has 0 aliphatic rings. The number of methoxy groups -OCH3 is 1. The fourth-order valence-electron chi connectivity index (χ4n) is 2.32. The van der Waals surface area contributed by atoms with Gasteiger partial charge in [0.05, 0.1) is 7.11 Å². The van der Waals surface area contributed by atoms with Gasteiger partial charge in [0.25, 0.3) is 0 Å². The van der Waals surface area contributed by atoms with Gasteiger partial charge in [-0.1, -0.05) is 23.8 Å². The van der Waals surface area contributed by atoms with Crippen LogP contribution in [0.5, 0.6) is 5.75 Å². The van der Waals surface area contributed by atoms with Crippen molar-refractivity contribution in [3.8, 4) is 5.75 Å². The monoisotopic (exact) mass is 286 g/mol. The second-order valence-corrected chi connectivity index (χ2v) is 5.58. The molecule has 2 nitrogen and oxygen atoms in total. The van der Waals surface area contributed by atoms with Crippen molar-refractivity contribution in [3.63, 3.8) is 0 Å². The highest BCUT2D eigenvalue weighted by molar-refractivity contribution is 5.75. The summed E-state index contributed by atoms with van der Waals surface area (Å²) in [5.74, 6) is 1.18. The van der Waals surface area contributed by atoms with Crippen molar-refractivity contribution in [2.45, 2.75) is 47.5 Å². The highest BCUT2D eigenvalue weighted by Crippen LogP contribution is 2.28. The van der Waals surface area contributed by atoms with Crippen molar-refractivity contribution in [1.29, 1.82) is 0 Å². The molecule has 0 unspecified atom stereocenters. The molecule has 0 radical (unpaired) electrons. The first-order valence-electron chi connectivity index (χ1n) is 7.36. The number of ketones is 1. The third kappa shape index (κ3) is 4.89. The SMILES string of the molecule is COc1cc(C)c(/C=C/C(C)=C/CCC(C)=O)c(C)c1C. The zero-order chi connectivity index (χ0) is 16.0. The molecule has 1 rings (SSSR count). The van der Waals surface area contributed by atoms with Gasteiger partial charge in [0, 0.05) is 6.42 Å². The van der Waals surface area contributed by atoms with Gasteiger partial charge in [-0.15, -0.1) is 0 Å². The van der Waals surface area contributed by atoms with Crippen LogP contribution in [0.2, 0.25) is 0 Å². The summed E-state index contributed by atoms with van der Waals surface area (Å²) in [7, 11) is 1.71. The van der Waals surface area contributed by atoms with E-state index in [9.17, 15) is 4.79 Å². The second-order valence-electron chi connectivity index (χ2n) is 5.58. The standard InChI is InChI=1S/C19H26O2/c1-13(8-7-9-15(3)20)10-11-18-14(2)12-19(21-6)17(5)16(18)4/h8,10-12H,7,9H2,1-6H3/b11-10+,13-8+. The Morgan fingerprint density at radius 1 is 1.19 bits per heavy atom. The molecule has 0 aromatic heterocycles. The van der Waals surface area contributed by atoms with Crippen LogP contribution in [0.25, 0.3) is 6.08 Å². The molecule has 1 aromatic rings. The number of aryl methyl sites for hydroxylation is 1. The summed E-state index contributed by atoms with van der Waals surface area (Å²) < 4.78 is 5.40. The maximum absolute atomic E-state index is 10.9. The average molecular weight is 286 g/mol. The summed E-state index contributed by atoms with van der Waals surface area (Å²) in [4.78, 5) is 10.9. The minimum Gasteiger partial charge on any atom is -0.496 e. The summed E-state index contributed by atoms with van der Waals surface area (Å²) in [5, 5.41) is 0. The molecule has 0 N–H and O–H groups in total. The Morgan fingerprint density at radius 2 is 1.86 bits per heavy atom. The third-order valence-corrected chi connectivity index (χ3v) is 3.80. The lowest BCUT2D eigenvalue weighted by atomic mass is 9.96. The van der Waals surface area contributed by atoms with Crippen LogP contribution in [0.15, 0.2) is 23.8 Å². The van der Waals surface area contributed by atoms with Gasteiger partial charge in [0.2, 0.25) is 0 Å². The van der Waals surface area contributed by atoms with Gasteiger partial charge in [-0.25, -0.2) is 0 Å². The van der Waals surface area contributed by atoms with Crippen LogP contribution in [0.1, 0.15) is 48.9 Å². The molecule has 21 heavy (non-hydrogen) atoms. The topological polar surface area (TPSA) is 26.3 Å². The van der Waals surface area contributed by atoms with Crippen LogP contribution >= 0.6 is 0 Å². The molecular weight excluding hydrogens is 260 g/mol. The summed E-state index contributed by atoms with van der Waals surface area (Å²) in [6.07, 6.45) is 7.80. The molecule has 0 amide bonds. The van der Waals surface area contributed by atoms with Gasteiger partial charge in [0.15, 0.2) is 0 Å². The fraction of sp³-hybridized carbons (Fsp3) is 0.421. The molecule has 0 atom stereocenters. The first-order valence-corrected chi connectivity index (χ1v) is 7.36. The van der Waals surface area contributed by atoms with Crippen LogP contribution < -0.4 is 4.74 Å². The molecule has 1 aromatic carbocycles. The van der Waals surface area contributed by atoms with Gasteiger partial charge in [-0.3, -0.25) is 0 Å². The number of allylic oxidation sites excluding steroid dienone is 3. The fourth-order valence-corrected chi connectivity index (χ4v) is 2.32. The molecule has 0 bridgehead atoms. The number of carbonyl (C=O) groups excluding carboxylic acids is 1. The summed E-state index contributed by atoms with van der Waals surface area (Å²) in [5.41, 5.74) is 6.07. The maximum Gasteiger partial charge on any atom is 0.130 e. The van der Waals surface area contributed by atoms with E-state index in [4.69, 9.17) is 4.74 Å². The molecular formula is C19H26O2. The molecule has 0 fully saturated rings. The van der Waals surface area contributed by atoms with Crippen molar-refractivity contribution in [2.75, 3.05) is 7.11 Å². The first-order chi connectivity index (χ1) is 9.86. The van der Waals surface area contributed by atoms with Crippen LogP contribution in [0, 0.1) is 20.8 Å². The number of ether oxygens (including phenoxy) is 1. The molecule has 114 valence electrons. The van der Waals surface area contributed by atoms with Crippen LogP contribution in [0.4, 0.5) is 0 Å². The van der Waals surface area contributed by atoms with E-state index < -0.39 is 0 Å². The van der Waals surface area contributed by atoms with Gasteiger partial charge < -0.3 is 9.53 Å². The van der Waals surface area contributed by atoms with Crippen LogP contribution in [-0.4, -0.2) is 12.9 Å². The minimum absolute atomic E-state index is 0.237. The number of hydrogen-bond donors (Lipinski definition) is 0. The Morgan fingerprint density at radius 3 is 2.43 bits per heavy atom. The van der Waals surface area contributed by atoms with E-state index in [-0.39, 0.29) is 5.78 Å². The third-order valence-electron chi connectivity index (χ3n) is 3.80. The predicted octanol–water partition coefficient (Wildman–Crippen LogP) is 4.95. The Balaban J connectivity index is 2.95. The van der Waals surface area contributed by atoms with Crippen molar-refractivity contribution in [2.24, 2.45) is 0 Å². The number of carbonyl (C=O) groups is 1. The molecule has 0 heterocycles. The highest BCUT2D eigenvalue weighted by Gasteiger charge is 2.08. The zero-order valence-electron chi connectivity index (χ0n) is 14.0. The molecule has 0 saturated heterocycles. The smallest absolute Gasteiger partial charge is 0.130 e. The van der Waals surface area contributed by atoms with Crippen LogP contribution in [-0.2, 0) is 4.79 Å². The Hall–Kier alpha value is -1.83. The number of hydrogen-bond acceptors (Lipinski definition) is 2. The van der Waals surface area contributed by atoms with Crippen molar-refractivity contribution < 1.29 is 9.53 Å². The number of rotatable bonds is 6. The van der Waals surface area contributed by atoms with Crippen molar-refractivity contribution in [3.05, 3.63) is 46.0 Å². The average Bonchev–Trinajstić information content (AvgIpc) is 2.42. The largest absolute Gasteiger partial charge is 0.496 e. The Labute approximate surface area is 128 Å². The quantitative estimate of drug-likeness (QED) is 0.692. The van der Waals surface area contributed by atoms with E-state index in [2.05, 4.69) is 52.0 Å². The number of Topliss-reactive ketones (excluding diaryl/α,β-unsaturated/α-hetero) is 1. The second kappa shape index (κ2) is 7.82. The molecule has 0 aliphatic carbocycles. The lowest BCUT2D eigenvalue weighted by Crippen LogP contribution is -1.95. The summed E-state index contributed by atoms with van der Waals surface area (Å²) >= 11 is 0. The van der Waals surface area contributed by atoms with E-state index in [1.165, 1.54) is 27.8 Å². The van der Waals surface area contributed by atoms with E-state index in [1.54, 1.807) is 14.0 Å². The first kappa shape index (κ1) is 17.2. The van der Waals surface area contributed by atoms with Crippen molar-refractivity contribution >= 4 is 11.9 Å². The lowest BCUT2D eigenvalue weighted by molar-refractivity contribution is -0.116. The minimum atomic E-state index is 0.237. The zero-order valence-corrected chi connectivity index (χ0v) is 14.0. The Kier molecular flexibility index (Phi) is 6.41. The number of benzene rings is 1. The normalized spacial score (nSPS) is 12.0. The summed E-state index contributed by atoms with van der Waals surface area (Å²) in [6, 6.07) is 2.08. The van der Waals surface area contributed by atoms with Gasteiger partial charge >= 0.3 is 0 Å². The highest BCUT2D eigenvalue weighted by atomic mass is 16.5. The van der Waals surface area contributed by atoms with E-state index in [1.807, 2.05) is 0 Å². The van der Waals surface area contributed by atoms with Gasteiger partial charge in [-0.05, 0) is 69.4 Å². The van der Waals surface area contributed by atoms with E-state index in [0.29, 0.717) is 6.42 Å². The van der Waals surface area contributed by atoms with E-state index in [0.717, 1.165) is 12.2 Å². The summed E-state index contributed by atoms with van der Waals surface area (Å²) in [6.45, 7) is 10.0. The molecule has 2 heteroatoms. The molecule has 0 spiro atoms. The van der Waals surface area contributed by atoms with Gasteiger partial charge in [-0.2, -0.15) is 0 Å². The molecule has 0 aliphatic heterocycles.